The fourth-order valence-corrected chi connectivity index (χ4v) is 5.82. The molecule has 1 fully saturated rings. The number of rotatable bonds is 15. The molecule has 3 N–H and O–H groups in total. The number of nitrogens with zero attached hydrogens (tertiary/aromatic N) is 2. The molecule has 5 rings (SSSR count). The van der Waals surface area contributed by atoms with E-state index in [1.165, 1.54) is 12.1 Å². The molecule has 1 amide bonds. The van der Waals surface area contributed by atoms with Gasteiger partial charge >= 0.3 is 0 Å². The van der Waals surface area contributed by atoms with E-state index in [2.05, 4.69) is 28.0 Å². The number of unbranched alkanes of at least 4 members (excludes halogenated alkanes) is 1. The second-order valence-corrected chi connectivity index (χ2v) is 11.8. The van der Waals surface area contributed by atoms with Crippen LogP contribution in [0.1, 0.15) is 65.5 Å². The van der Waals surface area contributed by atoms with E-state index in [0.717, 1.165) is 66.3 Å². The minimum atomic E-state index is -1.06. The lowest BCUT2D eigenvalue weighted by molar-refractivity contribution is 0.0822. The number of amides is 1. The van der Waals surface area contributed by atoms with Crippen molar-refractivity contribution in [2.75, 3.05) is 20.3 Å². The molecule has 2 atom stereocenters. The van der Waals surface area contributed by atoms with Crippen LogP contribution in [0.15, 0.2) is 60.7 Å². The highest BCUT2D eigenvalue weighted by atomic mass is 19.1. The van der Waals surface area contributed by atoms with Crippen molar-refractivity contribution >= 4 is 16.9 Å². The van der Waals surface area contributed by atoms with Gasteiger partial charge in [0.25, 0.3) is 5.91 Å². The molecule has 1 aromatic heterocycles. The first-order valence-corrected chi connectivity index (χ1v) is 15.5. The summed E-state index contributed by atoms with van der Waals surface area (Å²) in [4.78, 5) is 18.5. The average molecular weight is 615 g/mol. The standard InChI is InChI=1S/C36H40F2N4O3/c1-4-6-15-42-32-21-26(10-11-30(32)40-34(42)12-16-45-3)35(44)41-31(20-25-18-28(37)22-29(38)19-25)33(43)23-39-36(13-14-36)27-9-7-8-24(5-2)17-27/h2,7-11,17-19,21-22,31,33,39,43H,4,6,12-16,20,23H2,1,3H3,(H,41,44). The van der Waals surface area contributed by atoms with Gasteiger partial charge < -0.3 is 25.0 Å². The van der Waals surface area contributed by atoms with Crippen LogP contribution < -0.4 is 10.6 Å². The number of nitrogens with one attached hydrogen (secondary N) is 2. The van der Waals surface area contributed by atoms with Gasteiger partial charge in [0.05, 0.1) is 29.8 Å². The summed E-state index contributed by atoms with van der Waals surface area (Å²) in [6, 6.07) is 15.5. The Balaban J connectivity index is 1.38. The van der Waals surface area contributed by atoms with Crippen LogP contribution in [-0.4, -0.2) is 53.0 Å². The van der Waals surface area contributed by atoms with E-state index in [0.29, 0.717) is 24.2 Å². The van der Waals surface area contributed by atoms with Gasteiger partial charge in [-0.1, -0.05) is 31.4 Å². The number of ether oxygens (including phenoxy) is 1. The first-order chi connectivity index (χ1) is 21.7. The van der Waals surface area contributed by atoms with Gasteiger partial charge in [0, 0.05) is 49.4 Å². The van der Waals surface area contributed by atoms with Crippen molar-refractivity contribution in [3.8, 4) is 12.3 Å². The zero-order valence-corrected chi connectivity index (χ0v) is 25.8. The number of hydrogen-bond donors (Lipinski definition) is 3. The molecule has 1 aliphatic rings. The Morgan fingerprint density at radius 2 is 1.93 bits per heavy atom. The van der Waals surface area contributed by atoms with E-state index in [9.17, 15) is 18.7 Å². The molecule has 9 heteroatoms. The van der Waals surface area contributed by atoms with Crippen molar-refractivity contribution in [1.29, 1.82) is 0 Å². The second-order valence-electron chi connectivity index (χ2n) is 11.8. The predicted octanol–water partition coefficient (Wildman–Crippen LogP) is 5.27. The normalized spacial score (nSPS) is 15.0. The number of fused-ring (bicyclic) bond motifs is 1. The lowest BCUT2D eigenvalue weighted by atomic mass is 9.98. The number of halogens is 2. The Bertz CT molecular complexity index is 1670. The number of imidazole rings is 1. The fraction of sp³-hybridized carbons (Fsp3) is 0.389. The van der Waals surface area contributed by atoms with E-state index >= 15 is 0 Å². The predicted molar refractivity (Wildman–Crippen MR) is 171 cm³/mol. The van der Waals surface area contributed by atoms with Crippen LogP contribution in [0.3, 0.4) is 0 Å². The third-order valence-electron chi connectivity index (χ3n) is 8.49. The zero-order chi connectivity index (χ0) is 32.0. The van der Waals surface area contributed by atoms with E-state index in [1.807, 2.05) is 36.4 Å². The van der Waals surface area contributed by atoms with Gasteiger partial charge in [-0.05, 0) is 79.3 Å². The molecule has 1 saturated carbocycles. The van der Waals surface area contributed by atoms with Gasteiger partial charge in [0.2, 0.25) is 0 Å². The van der Waals surface area contributed by atoms with Crippen LogP contribution >= 0.6 is 0 Å². The van der Waals surface area contributed by atoms with Crippen molar-refractivity contribution < 1.29 is 23.4 Å². The highest BCUT2D eigenvalue weighted by molar-refractivity contribution is 5.97. The minimum Gasteiger partial charge on any atom is -0.390 e. The van der Waals surface area contributed by atoms with Crippen molar-refractivity contribution in [3.63, 3.8) is 0 Å². The van der Waals surface area contributed by atoms with E-state index in [4.69, 9.17) is 16.1 Å². The van der Waals surface area contributed by atoms with Crippen LogP contribution in [0.2, 0.25) is 0 Å². The molecule has 2 unspecified atom stereocenters. The minimum absolute atomic E-state index is 0.0285. The van der Waals surface area contributed by atoms with Crippen LogP contribution in [0.25, 0.3) is 11.0 Å². The molecule has 0 aliphatic heterocycles. The monoisotopic (exact) mass is 614 g/mol. The molecule has 1 aliphatic carbocycles. The van der Waals surface area contributed by atoms with Crippen LogP contribution in [0.4, 0.5) is 8.78 Å². The summed E-state index contributed by atoms with van der Waals surface area (Å²) < 4.78 is 35.6. The number of aliphatic hydroxyl groups excluding tert-OH is 1. The first-order valence-electron chi connectivity index (χ1n) is 15.5. The Morgan fingerprint density at radius 1 is 1.16 bits per heavy atom. The number of terminal acetylenes is 1. The third-order valence-corrected chi connectivity index (χ3v) is 8.49. The van der Waals surface area contributed by atoms with Crippen molar-refractivity contribution in [3.05, 3.63) is 100 Å². The molecule has 1 heterocycles. The Labute approximate surface area is 263 Å². The molecule has 45 heavy (non-hydrogen) atoms. The molecule has 0 radical (unpaired) electrons. The van der Waals surface area contributed by atoms with Crippen LogP contribution in [0.5, 0.6) is 0 Å². The quantitative estimate of drug-likeness (QED) is 0.159. The molecule has 0 saturated heterocycles. The highest BCUT2D eigenvalue weighted by Gasteiger charge is 2.44. The number of aromatic nitrogens is 2. The summed E-state index contributed by atoms with van der Waals surface area (Å²) in [5.74, 6) is 1.72. The van der Waals surface area contributed by atoms with Gasteiger partial charge in [-0.25, -0.2) is 13.8 Å². The number of hydrogen-bond acceptors (Lipinski definition) is 5. The maximum Gasteiger partial charge on any atom is 0.251 e. The van der Waals surface area contributed by atoms with E-state index in [1.54, 1.807) is 13.2 Å². The number of aryl methyl sites for hydroxylation is 1. The molecule has 4 aromatic rings. The Kier molecular flexibility index (Phi) is 10.3. The van der Waals surface area contributed by atoms with Gasteiger partial charge in [0.15, 0.2) is 0 Å². The molecular formula is C36H40F2N4O3. The molecule has 7 nitrogen and oxygen atoms in total. The number of aliphatic hydroxyl groups is 1. The van der Waals surface area contributed by atoms with Crippen LogP contribution in [-0.2, 0) is 29.7 Å². The van der Waals surface area contributed by atoms with Crippen molar-refractivity contribution in [2.24, 2.45) is 0 Å². The summed E-state index contributed by atoms with van der Waals surface area (Å²) in [5, 5.41) is 17.8. The topological polar surface area (TPSA) is 88.4 Å². The van der Waals surface area contributed by atoms with E-state index < -0.39 is 29.7 Å². The van der Waals surface area contributed by atoms with Gasteiger partial charge in [-0.2, -0.15) is 0 Å². The molecular weight excluding hydrogens is 574 g/mol. The van der Waals surface area contributed by atoms with Gasteiger partial charge in [0.1, 0.15) is 17.5 Å². The lowest BCUT2D eigenvalue weighted by Crippen LogP contribution is -2.50. The maximum atomic E-state index is 14.1. The van der Waals surface area contributed by atoms with Gasteiger partial charge in [-0.15, -0.1) is 6.42 Å². The number of benzene rings is 3. The summed E-state index contributed by atoms with van der Waals surface area (Å²) in [6.45, 7) is 3.57. The average Bonchev–Trinajstić information content (AvgIpc) is 3.75. The summed E-state index contributed by atoms with van der Waals surface area (Å²) in [5.41, 5.74) is 3.85. The number of carbonyl (C=O) groups is 1. The fourth-order valence-electron chi connectivity index (χ4n) is 5.82. The Morgan fingerprint density at radius 3 is 2.62 bits per heavy atom. The molecule has 236 valence electrons. The second kappa shape index (κ2) is 14.3. The third kappa shape index (κ3) is 7.77. The van der Waals surface area contributed by atoms with Crippen molar-refractivity contribution in [2.45, 2.75) is 69.7 Å². The summed E-state index contributed by atoms with van der Waals surface area (Å²) >= 11 is 0. The largest absolute Gasteiger partial charge is 0.390 e. The molecule has 3 aromatic carbocycles. The number of methoxy groups -OCH3 is 1. The highest BCUT2D eigenvalue weighted by Crippen LogP contribution is 2.45. The Hall–Kier alpha value is -4.10. The smallest absolute Gasteiger partial charge is 0.251 e. The van der Waals surface area contributed by atoms with Crippen LogP contribution in [0, 0.1) is 24.0 Å². The molecule has 0 spiro atoms. The lowest BCUT2D eigenvalue weighted by Gasteiger charge is -2.27. The maximum absolute atomic E-state index is 14.1. The molecule has 0 bridgehead atoms. The first kappa shape index (κ1) is 32.3. The van der Waals surface area contributed by atoms with Crippen molar-refractivity contribution in [1.82, 2.24) is 20.2 Å². The SMILES string of the molecule is C#Cc1cccc(C2(NCC(O)C(Cc3cc(F)cc(F)c3)NC(=O)c3ccc4nc(CCOC)n(CCCC)c4c3)CC2)c1. The zero-order valence-electron chi connectivity index (χ0n) is 25.8. The summed E-state index contributed by atoms with van der Waals surface area (Å²) in [7, 11) is 1.65. The van der Waals surface area contributed by atoms with Gasteiger partial charge in [-0.3, -0.25) is 4.79 Å². The van der Waals surface area contributed by atoms with E-state index in [-0.39, 0.29) is 18.5 Å². The number of carbonyl (C=O) groups excluding carboxylic acids is 1. The summed E-state index contributed by atoms with van der Waals surface area (Å²) in [6.07, 6.45) is 8.93.